The molecule has 5 aliphatic rings. The lowest BCUT2D eigenvalue weighted by molar-refractivity contribution is -0.0890. The average Bonchev–Trinajstić information content (AvgIpc) is 3.15. The van der Waals surface area contributed by atoms with E-state index in [4.69, 9.17) is 0 Å². The first-order valence-corrected chi connectivity index (χ1v) is 11.9. The van der Waals surface area contributed by atoms with Crippen LogP contribution in [0.15, 0.2) is 24.3 Å². The van der Waals surface area contributed by atoms with Crippen molar-refractivity contribution in [3.8, 4) is 0 Å². The van der Waals surface area contributed by atoms with Crippen molar-refractivity contribution >= 4 is 5.69 Å². The number of hydrogen-bond donors (Lipinski definition) is 1. The van der Waals surface area contributed by atoms with Crippen molar-refractivity contribution in [3.63, 3.8) is 0 Å². The SMILES string of the molecule is Cc1ccc(N2CCC(NC34CC5CC(C3)CC(n3nnc(C)n3)(C5)C4)CC2)cc1. The molecule has 1 aromatic carbocycles. The minimum atomic E-state index is 0.0982. The van der Waals surface area contributed by atoms with Crippen molar-refractivity contribution in [2.24, 2.45) is 11.8 Å². The van der Waals surface area contributed by atoms with Gasteiger partial charge in [-0.25, -0.2) is 0 Å². The van der Waals surface area contributed by atoms with Crippen LogP contribution in [0.5, 0.6) is 0 Å². The number of piperidine rings is 1. The molecule has 0 radical (unpaired) electrons. The topological polar surface area (TPSA) is 58.9 Å². The van der Waals surface area contributed by atoms with Crippen molar-refractivity contribution in [2.75, 3.05) is 18.0 Å². The summed E-state index contributed by atoms with van der Waals surface area (Å²) in [5.74, 6) is 2.44. The molecule has 6 nitrogen and oxygen atoms in total. The number of aryl methyl sites for hydroxylation is 2. The van der Waals surface area contributed by atoms with Gasteiger partial charge in [-0.1, -0.05) is 17.7 Å². The third-order valence-corrected chi connectivity index (χ3v) is 8.37. The van der Waals surface area contributed by atoms with Crippen LogP contribution in [0.3, 0.4) is 0 Å². The fourth-order valence-corrected chi connectivity index (χ4v) is 7.57. The first kappa shape index (κ1) is 18.8. The summed E-state index contributed by atoms with van der Waals surface area (Å²) in [6.07, 6.45) is 10.2. The lowest BCUT2D eigenvalue weighted by Gasteiger charge is -2.62. The molecule has 7 rings (SSSR count). The fraction of sp³-hybridized carbons (Fsp3) is 0.708. The third kappa shape index (κ3) is 3.15. The molecule has 160 valence electrons. The summed E-state index contributed by atoms with van der Waals surface area (Å²) >= 11 is 0. The molecule has 2 aromatic rings. The summed E-state index contributed by atoms with van der Waals surface area (Å²) in [5.41, 5.74) is 3.09. The Kier molecular flexibility index (Phi) is 4.24. The molecule has 1 saturated heterocycles. The maximum absolute atomic E-state index is 4.69. The van der Waals surface area contributed by atoms with Gasteiger partial charge in [0, 0.05) is 30.4 Å². The molecule has 30 heavy (non-hydrogen) atoms. The fourth-order valence-electron chi connectivity index (χ4n) is 7.57. The molecular formula is C24H34N6. The number of nitrogens with zero attached hydrogens (tertiary/aromatic N) is 5. The predicted molar refractivity (Wildman–Crippen MR) is 117 cm³/mol. The molecule has 4 saturated carbocycles. The molecule has 4 aliphatic carbocycles. The zero-order chi connectivity index (χ0) is 20.3. The Morgan fingerprint density at radius 2 is 1.67 bits per heavy atom. The summed E-state index contributed by atoms with van der Waals surface area (Å²) < 4.78 is 0. The van der Waals surface area contributed by atoms with E-state index < -0.39 is 0 Å². The maximum atomic E-state index is 4.69. The van der Waals surface area contributed by atoms with E-state index in [1.807, 2.05) is 11.7 Å². The van der Waals surface area contributed by atoms with Crippen molar-refractivity contribution in [1.29, 1.82) is 0 Å². The van der Waals surface area contributed by atoms with Crippen LogP contribution < -0.4 is 10.2 Å². The number of anilines is 1. The summed E-state index contributed by atoms with van der Waals surface area (Å²) in [5, 5.41) is 17.6. The van der Waals surface area contributed by atoms with Gasteiger partial charge < -0.3 is 10.2 Å². The first-order chi connectivity index (χ1) is 14.5. The van der Waals surface area contributed by atoms with Crippen molar-refractivity contribution in [1.82, 2.24) is 25.5 Å². The molecular weight excluding hydrogens is 372 g/mol. The van der Waals surface area contributed by atoms with Crippen LogP contribution in [-0.2, 0) is 5.54 Å². The van der Waals surface area contributed by atoms with Gasteiger partial charge in [-0.15, -0.1) is 10.2 Å². The van der Waals surface area contributed by atoms with Gasteiger partial charge in [-0.3, -0.25) is 0 Å². The number of tetrazole rings is 1. The van der Waals surface area contributed by atoms with Crippen LogP contribution in [0.25, 0.3) is 0 Å². The van der Waals surface area contributed by atoms with Crippen LogP contribution in [0, 0.1) is 25.7 Å². The Bertz CT molecular complexity index is 896. The van der Waals surface area contributed by atoms with Crippen LogP contribution >= 0.6 is 0 Å². The second-order valence-corrected chi connectivity index (χ2v) is 10.8. The number of benzene rings is 1. The molecule has 2 heterocycles. The Hall–Kier alpha value is -1.95. The van der Waals surface area contributed by atoms with Crippen molar-refractivity contribution < 1.29 is 0 Å². The largest absolute Gasteiger partial charge is 0.371 e. The molecule has 1 aliphatic heterocycles. The highest BCUT2D eigenvalue weighted by Gasteiger charge is 2.60. The molecule has 4 bridgehead atoms. The van der Waals surface area contributed by atoms with Crippen molar-refractivity contribution in [3.05, 3.63) is 35.7 Å². The number of aromatic nitrogens is 4. The van der Waals surface area contributed by atoms with Gasteiger partial charge in [0.15, 0.2) is 5.82 Å². The smallest absolute Gasteiger partial charge is 0.171 e. The van der Waals surface area contributed by atoms with Gasteiger partial charge in [-0.2, -0.15) is 4.80 Å². The van der Waals surface area contributed by atoms with E-state index in [9.17, 15) is 0 Å². The number of rotatable bonds is 4. The standard InChI is InChI=1S/C24H34N6/c1-17-3-5-22(6-4-17)29-9-7-21(8-10-29)25-23-12-19-11-20(13-23)15-24(14-19,16-23)30-27-18(2)26-28-30/h3-6,19-21,25H,7-16H2,1-2H3. The van der Waals surface area contributed by atoms with E-state index >= 15 is 0 Å². The lowest BCUT2D eigenvalue weighted by atomic mass is 9.50. The zero-order valence-electron chi connectivity index (χ0n) is 18.3. The Labute approximate surface area is 179 Å². The summed E-state index contributed by atoms with van der Waals surface area (Å²) in [7, 11) is 0. The van der Waals surface area contributed by atoms with Gasteiger partial charge in [-0.05, 0) is 94.4 Å². The highest BCUT2D eigenvalue weighted by atomic mass is 15.6. The molecule has 1 N–H and O–H groups in total. The quantitative estimate of drug-likeness (QED) is 0.841. The van der Waals surface area contributed by atoms with E-state index in [1.54, 1.807) is 0 Å². The monoisotopic (exact) mass is 406 g/mol. The van der Waals surface area contributed by atoms with Gasteiger partial charge >= 0.3 is 0 Å². The molecule has 2 atom stereocenters. The molecule has 1 aromatic heterocycles. The van der Waals surface area contributed by atoms with E-state index in [0.29, 0.717) is 6.04 Å². The van der Waals surface area contributed by atoms with E-state index in [1.165, 1.54) is 62.6 Å². The number of hydrogen-bond acceptors (Lipinski definition) is 5. The highest BCUT2D eigenvalue weighted by molar-refractivity contribution is 5.47. The third-order valence-electron chi connectivity index (χ3n) is 8.37. The van der Waals surface area contributed by atoms with Crippen LogP contribution in [0.1, 0.15) is 62.8 Å². The molecule has 0 spiro atoms. The zero-order valence-corrected chi connectivity index (χ0v) is 18.3. The second kappa shape index (κ2) is 6.78. The van der Waals surface area contributed by atoms with Crippen LogP contribution in [0.2, 0.25) is 0 Å². The molecule has 6 heteroatoms. The summed E-state index contributed by atoms with van der Waals surface area (Å²) in [6.45, 7) is 6.42. The highest BCUT2D eigenvalue weighted by Crippen LogP contribution is 2.60. The van der Waals surface area contributed by atoms with Crippen LogP contribution in [0.4, 0.5) is 5.69 Å². The Morgan fingerprint density at radius 3 is 2.30 bits per heavy atom. The minimum absolute atomic E-state index is 0.0982. The Morgan fingerprint density at radius 1 is 0.967 bits per heavy atom. The number of nitrogens with one attached hydrogen (secondary N) is 1. The lowest BCUT2D eigenvalue weighted by Crippen LogP contribution is -2.67. The van der Waals surface area contributed by atoms with Crippen LogP contribution in [-0.4, -0.2) is 44.9 Å². The minimum Gasteiger partial charge on any atom is -0.371 e. The Balaban J connectivity index is 1.16. The molecule has 0 amide bonds. The maximum Gasteiger partial charge on any atom is 0.171 e. The van der Waals surface area contributed by atoms with E-state index in [2.05, 4.69) is 56.8 Å². The van der Waals surface area contributed by atoms with E-state index in [-0.39, 0.29) is 11.1 Å². The van der Waals surface area contributed by atoms with Gasteiger partial charge in [0.05, 0.1) is 5.54 Å². The molecule has 5 fully saturated rings. The van der Waals surface area contributed by atoms with E-state index in [0.717, 1.165) is 30.7 Å². The first-order valence-electron chi connectivity index (χ1n) is 11.9. The van der Waals surface area contributed by atoms with Gasteiger partial charge in [0.1, 0.15) is 0 Å². The normalized spacial score (nSPS) is 35.9. The molecule has 2 unspecified atom stereocenters. The van der Waals surface area contributed by atoms with Gasteiger partial charge in [0.25, 0.3) is 0 Å². The predicted octanol–water partition coefficient (Wildman–Crippen LogP) is 3.60. The van der Waals surface area contributed by atoms with Gasteiger partial charge in [0.2, 0.25) is 0 Å². The average molecular weight is 407 g/mol. The summed E-state index contributed by atoms with van der Waals surface area (Å²) in [4.78, 5) is 4.57. The summed E-state index contributed by atoms with van der Waals surface area (Å²) in [6, 6.07) is 9.64. The second-order valence-electron chi connectivity index (χ2n) is 10.8. The van der Waals surface area contributed by atoms with Crippen molar-refractivity contribution in [2.45, 2.75) is 82.3 Å².